The minimum Gasteiger partial charge on any atom is -0.358 e. The third-order valence-corrected chi connectivity index (χ3v) is 11.7. The van der Waals surface area contributed by atoms with Gasteiger partial charge in [0.2, 0.25) is 11.6 Å². The summed E-state index contributed by atoms with van der Waals surface area (Å²) >= 11 is 0. The maximum Gasteiger partial charge on any atom is 2.00 e. The maximum absolute atomic E-state index is 5.27. The van der Waals surface area contributed by atoms with Crippen LogP contribution < -0.4 is 0 Å². The number of fused-ring (bicyclic) bond motifs is 13. The van der Waals surface area contributed by atoms with Gasteiger partial charge in [-0.1, -0.05) is 65.0 Å². The van der Waals surface area contributed by atoms with Crippen molar-refractivity contribution in [1.82, 2.24) is 32.5 Å². The second kappa shape index (κ2) is 11.8. The summed E-state index contributed by atoms with van der Waals surface area (Å²) in [7, 11) is 0. The topological polar surface area (TPSA) is 49.4 Å². The van der Waals surface area contributed by atoms with Gasteiger partial charge in [0.15, 0.2) is 0 Å². The number of hydrogen-bond acceptors (Lipinski definition) is 2. The first-order valence-electron chi connectivity index (χ1n) is 18.7. The van der Waals surface area contributed by atoms with E-state index in [0.717, 1.165) is 89.2 Å². The van der Waals surface area contributed by atoms with Crippen molar-refractivity contribution in [3.63, 3.8) is 0 Å². The molecule has 0 aliphatic carbocycles. The molecule has 0 aliphatic heterocycles. The zero-order valence-corrected chi connectivity index (χ0v) is 33.3. The van der Waals surface area contributed by atoms with E-state index in [1.165, 1.54) is 27.6 Å². The zero-order chi connectivity index (χ0) is 36.7. The number of benzene rings is 7. The van der Waals surface area contributed by atoms with Crippen molar-refractivity contribution in [1.29, 1.82) is 0 Å². The predicted molar refractivity (Wildman–Crippen MR) is 224 cm³/mol. The van der Waals surface area contributed by atoms with E-state index in [9.17, 15) is 0 Å². The Morgan fingerprint density at radius 1 is 0.393 bits per heavy atom. The van der Waals surface area contributed by atoms with Crippen molar-refractivity contribution in [2.45, 2.75) is 27.7 Å². The molecule has 0 saturated heterocycles. The van der Waals surface area contributed by atoms with Crippen LogP contribution in [0.5, 0.6) is 0 Å². The molecule has 8 heteroatoms. The molecule has 0 unspecified atom stereocenters. The summed E-state index contributed by atoms with van der Waals surface area (Å²) in [4.78, 5) is 10.4. The minimum atomic E-state index is 0. The van der Waals surface area contributed by atoms with E-state index in [1.807, 2.05) is 6.07 Å². The Morgan fingerprint density at radius 3 is 1.73 bits per heavy atom. The van der Waals surface area contributed by atoms with Gasteiger partial charge in [-0.25, -0.2) is 9.97 Å². The average molecular weight is 903 g/mol. The molecule has 56 heavy (non-hydrogen) atoms. The van der Waals surface area contributed by atoms with E-state index >= 15 is 0 Å². The van der Waals surface area contributed by atoms with Crippen LogP contribution in [0, 0.1) is 39.8 Å². The molecule has 5 aromatic heterocycles. The molecule has 7 aromatic carbocycles. The fraction of sp³-hybridized carbons (Fsp3) is 0.0833. The molecule has 0 fully saturated rings. The van der Waals surface area contributed by atoms with Crippen molar-refractivity contribution < 1.29 is 21.1 Å². The summed E-state index contributed by atoms with van der Waals surface area (Å²) in [5.74, 6) is 1.74. The van der Waals surface area contributed by atoms with Crippen LogP contribution in [0.3, 0.4) is 0 Å². The van der Waals surface area contributed by atoms with Gasteiger partial charge in [0.25, 0.3) is 0 Å². The van der Waals surface area contributed by atoms with Crippen LogP contribution >= 0.6 is 0 Å². The van der Waals surface area contributed by atoms with Crippen molar-refractivity contribution in [2.24, 2.45) is 0 Å². The number of rotatable bonds is 3. The fourth-order valence-corrected chi connectivity index (χ4v) is 8.75. The monoisotopic (exact) mass is 902 g/mol. The number of aryl methyl sites for hydroxylation is 4. The summed E-state index contributed by atoms with van der Waals surface area (Å²) in [5, 5.41) is 2.29. The fourth-order valence-electron chi connectivity index (χ4n) is 8.75. The number of para-hydroxylation sites is 5. The third-order valence-electron chi connectivity index (χ3n) is 11.7. The minimum absolute atomic E-state index is 0. The van der Waals surface area contributed by atoms with Gasteiger partial charge in [-0.2, -0.15) is 12.1 Å². The van der Waals surface area contributed by atoms with Crippen LogP contribution in [0.1, 0.15) is 22.3 Å². The summed E-state index contributed by atoms with van der Waals surface area (Å²) in [6, 6.07) is 53.1. The second-order valence-corrected chi connectivity index (χ2v) is 14.9. The van der Waals surface area contributed by atoms with E-state index in [4.69, 9.17) is 9.97 Å². The van der Waals surface area contributed by atoms with E-state index in [-0.39, 0.29) is 21.1 Å². The van der Waals surface area contributed by atoms with Gasteiger partial charge >= 0.3 is 21.1 Å². The van der Waals surface area contributed by atoms with E-state index < -0.39 is 0 Å². The van der Waals surface area contributed by atoms with Crippen LogP contribution in [0.15, 0.2) is 127 Å². The molecule has 0 atom stereocenters. The second-order valence-electron chi connectivity index (χ2n) is 14.9. The Morgan fingerprint density at radius 2 is 0.946 bits per heavy atom. The molecular weight excluding hydrogens is 870 g/mol. The van der Waals surface area contributed by atoms with Crippen molar-refractivity contribution in [2.75, 3.05) is 0 Å². The van der Waals surface area contributed by atoms with Crippen molar-refractivity contribution >= 4 is 77.5 Å². The summed E-state index contributed by atoms with van der Waals surface area (Å²) < 4.78 is 11.4. The first-order chi connectivity index (χ1) is 26.9. The molecule has 5 heterocycles. The van der Waals surface area contributed by atoms with Crippen LogP contribution in [0.25, 0.3) is 94.6 Å². The third kappa shape index (κ3) is 4.37. The maximum atomic E-state index is 5.27. The summed E-state index contributed by atoms with van der Waals surface area (Å²) in [6.07, 6.45) is 0. The van der Waals surface area contributed by atoms with Gasteiger partial charge in [0.1, 0.15) is 0 Å². The molecule has 0 bridgehead atoms. The SMILES string of the molecule is Cc1cc2nc3n(-c4[c-]c(-n5c6[c-]c(-n7c8ccccc8n8c9ccccc9nc78)ccc6c6ccccc65)ccc4)c4cc(C)c(C)cc4n3c2cc1C.[Pt+2]. The Balaban J connectivity index is 0.00000363. The molecular formula is C48H33N7Pt. The molecule has 12 aromatic rings. The Bertz CT molecular complexity index is 3610. The van der Waals surface area contributed by atoms with Gasteiger partial charge in [0, 0.05) is 5.52 Å². The molecule has 0 spiro atoms. The summed E-state index contributed by atoms with van der Waals surface area (Å²) in [5.41, 5.74) is 18.4. The number of imidazole rings is 4. The molecule has 0 N–H and O–H groups in total. The van der Waals surface area contributed by atoms with Crippen LogP contribution in [-0.2, 0) is 21.1 Å². The first kappa shape index (κ1) is 33.0. The molecule has 0 saturated carbocycles. The average Bonchev–Trinajstić information content (AvgIpc) is 3.98. The predicted octanol–water partition coefficient (Wildman–Crippen LogP) is 11.1. The molecule has 7 nitrogen and oxygen atoms in total. The van der Waals surface area contributed by atoms with Crippen LogP contribution in [-0.4, -0.2) is 32.5 Å². The number of hydrogen-bond donors (Lipinski definition) is 0. The van der Waals surface area contributed by atoms with Gasteiger partial charge in [0.05, 0.1) is 44.1 Å². The van der Waals surface area contributed by atoms with Crippen molar-refractivity contribution in [3.05, 3.63) is 162 Å². The Hall–Kier alpha value is -6.43. The quantitative estimate of drug-likeness (QED) is 0.166. The van der Waals surface area contributed by atoms with E-state index in [2.05, 4.69) is 184 Å². The van der Waals surface area contributed by atoms with Gasteiger partial charge < -0.3 is 13.7 Å². The van der Waals surface area contributed by atoms with Crippen LogP contribution in [0.2, 0.25) is 0 Å². The van der Waals surface area contributed by atoms with E-state index in [0.29, 0.717) is 0 Å². The van der Waals surface area contributed by atoms with Gasteiger partial charge in [-0.3, -0.25) is 8.80 Å². The van der Waals surface area contributed by atoms with E-state index in [1.54, 1.807) is 0 Å². The van der Waals surface area contributed by atoms with Crippen LogP contribution in [0.4, 0.5) is 0 Å². The normalized spacial score (nSPS) is 12.1. The smallest absolute Gasteiger partial charge is 0.358 e. The molecule has 270 valence electrons. The molecule has 0 aliphatic rings. The zero-order valence-electron chi connectivity index (χ0n) is 31.1. The van der Waals surface area contributed by atoms with Gasteiger partial charge in [-0.05, 0) is 110 Å². The standard InChI is InChI=1S/C48H33N7.Pt/c1-28-22-38-44(23-29(28)2)55-46-25-31(4)30(3)24-45(46)53(48(55)50-38)33-13-11-12-32(26-33)51-39-16-7-5-14-35(39)36-21-20-34(27-43(36)51)52-41-18-9-10-19-42(41)54-40-17-8-6-15-37(40)49-47(52)54;/h5-25H,1-4H3;/q-2;+2. The first-order valence-corrected chi connectivity index (χ1v) is 18.7. The number of nitrogens with zero attached hydrogens (tertiary/aromatic N) is 7. The largest absolute Gasteiger partial charge is 2.00 e. The number of aromatic nitrogens is 7. The molecule has 0 radical (unpaired) electrons. The Kier molecular flexibility index (Phi) is 6.93. The summed E-state index contributed by atoms with van der Waals surface area (Å²) in [6.45, 7) is 8.69. The Labute approximate surface area is 335 Å². The van der Waals surface area contributed by atoms with Crippen molar-refractivity contribution in [3.8, 4) is 17.1 Å². The molecule has 0 amide bonds. The molecule has 12 rings (SSSR count). The van der Waals surface area contributed by atoms with Gasteiger partial charge in [-0.15, -0.1) is 35.7 Å².